The van der Waals surface area contributed by atoms with Crippen molar-refractivity contribution in [1.82, 2.24) is 5.32 Å². The van der Waals surface area contributed by atoms with Gasteiger partial charge in [-0.3, -0.25) is 0 Å². The lowest BCUT2D eigenvalue weighted by Gasteiger charge is -2.23. The average molecular weight is 265 g/mol. The Bertz CT molecular complexity index is 362. The van der Waals surface area contributed by atoms with Gasteiger partial charge in [0.25, 0.3) is 0 Å². The fourth-order valence-corrected chi connectivity index (χ4v) is 3.38. The molecule has 0 aliphatic rings. The van der Waals surface area contributed by atoms with Crippen LogP contribution in [0.15, 0.2) is 12.1 Å². The molecule has 102 valence electrons. The lowest BCUT2D eigenvalue weighted by molar-refractivity contribution is 0.599. The van der Waals surface area contributed by atoms with Crippen LogP contribution in [-0.2, 0) is 0 Å². The highest BCUT2D eigenvalue weighted by Gasteiger charge is 2.16. The molecule has 1 nitrogen and oxygen atoms in total. The van der Waals surface area contributed by atoms with E-state index in [0.717, 1.165) is 12.3 Å². The summed E-state index contributed by atoms with van der Waals surface area (Å²) in [5.41, 5.74) is 5.70. The first-order chi connectivity index (χ1) is 8.45. The minimum atomic E-state index is 0.475. The molecule has 0 aliphatic heterocycles. The van der Waals surface area contributed by atoms with Gasteiger partial charge in [-0.1, -0.05) is 38.5 Å². The lowest BCUT2D eigenvalue weighted by Crippen LogP contribution is -2.25. The summed E-state index contributed by atoms with van der Waals surface area (Å²) in [6.45, 7) is 14.4. The molecular formula is C16H27NS. The number of nitrogens with one attached hydrogen (secondary N) is 1. The Kier molecular flexibility index (Phi) is 6.24. The van der Waals surface area contributed by atoms with Crippen molar-refractivity contribution in [3.8, 4) is 0 Å². The molecule has 1 N–H and O–H groups in total. The molecule has 0 bridgehead atoms. The molecule has 0 aromatic heterocycles. The highest BCUT2D eigenvalue weighted by atomic mass is 32.2. The molecule has 1 aromatic carbocycles. The molecule has 1 aromatic rings. The summed E-state index contributed by atoms with van der Waals surface area (Å²) in [7, 11) is 0. The van der Waals surface area contributed by atoms with Gasteiger partial charge in [0.05, 0.1) is 0 Å². The molecule has 0 saturated heterocycles. The van der Waals surface area contributed by atoms with E-state index in [0.29, 0.717) is 11.3 Å². The second kappa shape index (κ2) is 7.20. The van der Waals surface area contributed by atoms with E-state index in [-0.39, 0.29) is 0 Å². The maximum Gasteiger partial charge on any atom is 0.0417 e. The SMILES string of the molecule is CCNC(CSC(C)C)c1c(C)cc(C)cc1C. The highest BCUT2D eigenvalue weighted by molar-refractivity contribution is 7.99. The fourth-order valence-electron chi connectivity index (χ4n) is 2.52. The van der Waals surface area contributed by atoms with Crippen LogP contribution in [-0.4, -0.2) is 17.5 Å². The Hall–Kier alpha value is -0.470. The molecular weight excluding hydrogens is 238 g/mol. The molecule has 1 unspecified atom stereocenters. The van der Waals surface area contributed by atoms with E-state index in [1.54, 1.807) is 0 Å². The smallest absolute Gasteiger partial charge is 0.0417 e. The molecule has 1 atom stereocenters. The van der Waals surface area contributed by atoms with E-state index in [9.17, 15) is 0 Å². The second-order valence-corrected chi connectivity index (χ2v) is 6.91. The maximum absolute atomic E-state index is 3.63. The van der Waals surface area contributed by atoms with Gasteiger partial charge in [-0.05, 0) is 49.3 Å². The summed E-state index contributed by atoms with van der Waals surface area (Å²) in [5, 5.41) is 4.33. The third kappa shape index (κ3) is 4.33. The minimum absolute atomic E-state index is 0.475. The Morgan fingerprint density at radius 3 is 2.11 bits per heavy atom. The molecule has 0 amide bonds. The van der Waals surface area contributed by atoms with Gasteiger partial charge in [0.1, 0.15) is 0 Å². The van der Waals surface area contributed by atoms with Crippen molar-refractivity contribution in [2.45, 2.75) is 52.8 Å². The predicted octanol–water partition coefficient (Wildman–Crippen LogP) is 4.40. The Balaban J connectivity index is 2.97. The fraction of sp³-hybridized carbons (Fsp3) is 0.625. The van der Waals surface area contributed by atoms with Crippen molar-refractivity contribution < 1.29 is 0 Å². The zero-order chi connectivity index (χ0) is 13.7. The largest absolute Gasteiger partial charge is 0.309 e. The van der Waals surface area contributed by atoms with Gasteiger partial charge in [-0.15, -0.1) is 0 Å². The van der Waals surface area contributed by atoms with Gasteiger partial charge in [0.2, 0.25) is 0 Å². The van der Waals surface area contributed by atoms with E-state index in [1.807, 2.05) is 11.8 Å². The maximum atomic E-state index is 3.63. The van der Waals surface area contributed by atoms with Crippen LogP contribution in [0.25, 0.3) is 0 Å². The molecule has 2 heteroatoms. The predicted molar refractivity (Wildman–Crippen MR) is 84.7 cm³/mol. The van der Waals surface area contributed by atoms with E-state index in [4.69, 9.17) is 0 Å². The average Bonchev–Trinajstić information content (AvgIpc) is 2.24. The summed E-state index contributed by atoms with van der Waals surface area (Å²) in [6.07, 6.45) is 0. The van der Waals surface area contributed by atoms with Crippen LogP contribution < -0.4 is 5.32 Å². The normalized spacial score (nSPS) is 13.1. The monoisotopic (exact) mass is 265 g/mol. The first kappa shape index (κ1) is 15.6. The first-order valence-corrected chi connectivity index (χ1v) is 7.93. The summed E-state index contributed by atoms with van der Waals surface area (Å²) >= 11 is 2.03. The Morgan fingerprint density at radius 2 is 1.67 bits per heavy atom. The van der Waals surface area contributed by atoms with Crippen LogP contribution in [0.5, 0.6) is 0 Å². The zero-order valence-electron chi connectivity index (χ0n) is 12.6. The Morgan fingerprint density at radius 1 is 1.11 bits per heavy atom. The third-order valence-electron chi connectivity index (χ3n) is 3.13. The van der Waals surface area contributed by atoms with Gasteiger partial charge in [-0.25, -0.2) is 0 Å². The number of hydrogen-bond acceptors (Lipinski definition) is 2. The van der Waals surface area contributed by atoms with Gasteiger partial charge in [-0.2, -0.15) is 11.8 Å². The van der Waals surface area contributed by atoms with E-state index in [1.165, 1.54) is 22.3 Å². The summed E-state index contributed by atoms with van der Waals surface area (Å²) in [5.74, 6) is 1.15. The Labute approximate surface area is 117 Å². The molecule has 0 radical (unpaired) electrons. The number of benzene rings is 1. The minimum Gasteiger partial charge on any atom is -0.309 e. The van der Waals surface area contributed by atoms with Crippen LogP contribution in [0.4, 0.5) is 0 Å². The molecule has 0 saturated carbocycles. The molecule has 0 spiro atoms. The van der Waals surface area contributed by atoms with E-state index < -0.39 is 0 Å². The van der Waals surface area contributed by atoms with E-state index in [2.05, 4.69) is 59.0 Å². The van der Waals surface area contributed by atoms with Crippen LogP contribution in [0.3, 0.4) is 0 Å². The number of thioether (sulfide) groups is 1. The third-order valence-corrected chi connectivity index (χ3v) is 4.33. The zero-order valence-corrected chi connectivity index (χ0v) is 13.4. The molecule has 18 heavy (non-hydrogen) atoms. The summed E-state index contributed by atoms with van der Waals surface area (Å²) < 4.78 is 0. The van der Waals surface area contributed by atoms with Gasteiger partial charge in [0.15, 0.2) is 0 Å². The van der Waals surface area contributed by atoms with Crippen LogP contribution >= 0.6 is 11.8 Å². The van der Waals surface area contributed by atoms with Crippen molar-refractivity contribution in [1.29, 1.82) is 0 Å². The molecule has 0 aliphatic carbocycles. The van der Waals surface area contributed by atoms with E-state index >= 15 is 0 Å². The first-order valence-electron chi connectivity index (χ1n) is 6.88. The lowest BCUT2D eigenvalue weighted by atomic mass is 9.95. The van der Waals surface area contributed by atoms with Crippen LogP contribution in [0, 0.1) is 20.8 Å². The summed E-state index contributed by atoms with van der Waals surface area (Å²) in [6, 6.07) is 5.07. The van der Waals surface area contributed by atoms with Crippen LogP contribution in [0.2, 0.25) is 0 Å². The topological polar surface area (TPSA) is 12.0 Å². The van der Waals surface area contributed by atoms with Gasteiger partial charge >= 0.3 is 0 Å². The van der Waals surface area contributed by atoms with Gasteiger partial charge < -0.3 is 5.32 Å². The van der Waals surface area contributed by atoms with Crippen molar-refractivity contribution >= 4 is 11.8 Å². The van der Waals surface area contributed by atoms with Crippen molar-refractivity contribution in [2.24, 2.45) is 0 Å². The second-order valence-electron chi connectivity index (χ2n) is 5.30. The number of hydrogen-bond donors (Lipinski definition) is 1. The van der Waals surface area contributed by atoms with Crippen molar-refractivity contribution in [3.05, 3.63) is 34.4 Å². The number of aryl methyl sites for hydroxylation is 3. The van der Waals surface area contributed by atoms with Gasteiger partial charge in [0, 0.05) is 11.8 Å². The molecule has 1 rings (SSSR count). The molecule has 0 heterocycles. The molecule has 0 fully saturated rings. The quantitative estimate of drug-likeness (QED) is 0.818. The highest BCUT2D eigenvalue weighted by Crippen LogP contribution is 2.27. The van der Waals surface area contributed by atoms with Crippen molar-refractivity contribution in [2.75, 3.05) is 12.3 Å². The summed E-state index contributed by atoms with van der Waals surface area (Å²) in [4.78, 5) is 0. The van der Waals surface area contributed by atoms with Crippen LogP contribution in [0.1, 0.15) is 49.1 Å². The number of rotatable bonds is 6. The van der Waals surface area contributed by atoms with Crippen molar-refractivity contribution in [3.63, 3.8) is 0 Å². The standard InChI is InChI=1S/C16H27NS/c1-7-17-15(10-18-11(2)3)16-13(5)8-12(4)9-14(16)6/h8-9,11,15,17H,7,10H2,1-6H3.